The Morgan fingerprint density at radius 2 is 1.75 bits per heavy atom. The number of nitro benzene ring substituents is 1. The van der Waals surface area contributed by atoms with Crippen molar-refractivity contribution in [1.29, 1.82) is 0 Å². The van der Waals surface area contributed by atoms with Gasteiger partial charge in [-0.2, -0.15) is 13.2 Å². The minimum absolute atomic E-state index is 0.137. The van der Waals surface area contributed by atoms with Crippen LogP contribution in [0.15, 0.2) is 58.3 Å². The molecule has 128 valence electrons. The third-order valence-electron chi connectivity index (χ3n) is 2.67. The Balaban J connectivity index is 2.34. The van der Waals surface area contributed by atoms with Crippen molar-refractivity contribution in [2.24, 2.45) is 0 Å². The van der Waals surface area contributed by atoms with E-state index in [0.29, 0.717) is 0 Å². The van der Waals surface area contributed by atoms with Gasteiger partial charge in [0.05, 0.1) is 4.92 Å². The van der Waals surface area contributed by atoms with Crippen molar-refractivity contribution in [3.8, 4) is 0 Å². The molecule has 0 aliphatic heterocycles. The number of nitro groups is 1. The van der Waals surface area contributed by atoms with Gasteiger partial charge in [0, 0.05) is 16.6 Å². The van der Waals surface area contributed by atoms with Crippen LogP contribution in [0.25, 0.3) is 0 Å². The Kier molecular flexibility index (Phi) is 5.04. The fourth-order valence-corrected chi connectivity index (χ4v) is 3.62. The van der Waals surface area contributed by atoms with Crippen molar-refractivity contribution in [2.45, 2.75) is 15.3 Å². The van der Waals surface area contributed by atoms with Gasteiger partial charge >= 0.3 is 5.51 Å². The number of nitrogens with zero attached hydrogens (tertiary/aromatic N) is 1. The summed E-state index contributed by atoms with van der Waals surface area (Å²) in [5.74, 6) is 0. The summed E-state index contributed by atoms with van der Waals surface area (Å²) >= 11 is -0.398. The lowest BCUT2D eigenvalue weighted by molar-refractivity contribution is -0.387. The van der Waals surface area contributed by atoms with Crippen LogP contribution in [-0.4, -0.2) is 18.8 Å². The molecule has 2 aromatic rings. The number of sulfonamides is 1. The summed E-state index contributed by atoms with van der Waals surface area (Å²) < 4.78 is 63.7. The first-order valence-corrected chi connectivity index (χ1v) is 8.50. The van der Waals surface area contributed by atoms with E-state index in [-0.39, 0.29) is 10.6 Å². The number of rotatable bonds is 5. The van der Waals surface area contributed by atoms with Crippen molar-refractivity contribution < 1.29 is 26.5 Å². The lowest BCUT2D eigenvalue weighted by atomic mass is 10.3. The van der Waals surface area contributed by atoms with E-state index in [1.54, 1.807) is 0 Å². The zero-order chi connectivity index (χ0) is 18.0. The highest BCUT2D eigenvalue weighted by molar-refractivity contribution is 8.00. The summed E-state index contributed by atoms with van der Waals surface area (Å²) in [4.78, 5) is 9.26. The molecular weight excluding hydrogens is 369 g/mol. The fourth-order valence-electron chi connectivity index (χ4n) is 1.80. The van der Waals surface area contributed by atoms with Gasteiger partial charge in [0.15, 0.2) is 4.90 Å². The van der Waals surface area contributed by atoms with E-state index < -0.39 is 42.8 Å². The van der Waals surface area contributed by atoms with Crippen LogP contribution in [0.2, 0.25) is 0 Å². The van der Waals surface area contributed by atoms with Crippen LogP contribution < -0.4 is 4.72 Å². The van der Waals surface area contributed by atoms with Gasteiger partial charge in [-0.3, -0.25) is 14.8 Å². The van der Waals surface area contributed by atoms with Crippen LogP contribution >= 0.6 is 11.8 Å². The molecule has 0 bridgehead atoms. The number of hydrogen-bond donors (Lipinski definition) is 1. The van der Waals surface area contributed by atoms with Crippen LogP contribution in [0, 0.1) is 10.1 Å². The minimum atomic E-state index is -4.52. The highest BCUT2D eigenvalue weighted by atomic mass is 32.2. The first-order chi connectivity index (χ1) is 11.1. The topological polar surface area (TPSA) is 89.3 Å². The predicted molar refractivity (Wildman–Crippen MR) is 82.3 cm³/mol. The second-order valence-electron chi connectivity index (χ2n) is 4.41. The van der Waals surface area contributed by atoms with Gasteiger partial charge in [-0.05, 0) is 36.0 Å². The quantitative estimate of drug-likeness (QED) is 0.482. The molecular formula is C13H9F3N2O4S2. The lowest BCUT2D eigenvalue weighted by Gasteiger charge is -2.10. The van der Waals surface area contributed by atoms with Crippen LogP contribution in [0.1, 0.15) is 0 Å². The van der Waals surface area contributed by atoms with Gasteiger partial charge in [-0.1, -0.05) is 18.2 Å². The Morgan fingerprint density at radius 1 is 1.08 bits per heavy atom. The molecule has 0 atom stereocenters. The van der Waals surface area contributed by atoms with Crippen LogP contribution in [0.5, 0.6) is 0 Å². The van der Waals surface area contributed by atoms with E-state index in [9.17, 15) is 31.7 Å². The van der Waals surface area contributed by atoms with E-state index in [2.05, 4.69) is 0 Å². The summed E-state index contributed by atoms with van der Waals surface area (Å²) in [7, 11) is -4.33. The molecule has 0 aromatic heterocycles. The maximum absolute atomic E-state index is 12.4. The van der Waals surface area contributed by atoms with Crippen molar-refractivity contribution >= 4 is 33.2 Å². The van der Waals surface area contributed by atoms with Gasteiger partial charge in [0.25, 0.3) is 15.7 Å². The Bertz CT molecular complexity index is 870. The molecule has 0 saturated heterocycles. The summed E-state index contributed by atoms with van der Waals surface area (Å²) in [6, 6.07) is 9.30. The highest BCUT2D eigenvalue weighted by Crippen LogP contribution is 2.37. The monoisotopic (exact) mass is 378 g/mol. The van der Waals surface area contributed by atoms with Crippen molar-refractivity contribution in [2.75, 3.05) is 4.72 Å². The molecule has 11 heteroatoms. The number of thioether (sulfide) groups is 1. The summed E-state index contributed by atoms with van der Waals surface area (Å²) in [6.45, 7) is 0. The number of para-hydroxylation sites is 1. The molecule has 0 fully saturated rings. The smallest absolute Gasteiger partial charge is 0.279 e. The summed E-state index contributed by atoms with van der Waals surface area (Å²) in [5.41, 5.74) is -5.29. The highest BCUT2D eigenvalue weighted by Gasteiger charge is 2.30. The molecule has 1 N–H and O–H groups in total. The molecule has 0 aliphatic carbocycles. The van der Waals surface area contributed by atoms with Crippen LogP contribution in [0.3, 0.4) is 0 Å². The first-order valence-electron chi connectivity index (χ1n) is 6.20. The van der Waals surface area contributed by atoms with Gasteiger partial charge in [-0.15, -0.1) is 0 Å². The molecule has 0 amide bonds. The zero-order valence-electron chi connectivity index (χ0n) is 11.6. The van der Waals surface area contributed by atoms with Gasteiger partial charge < -0.3 is 0 Å². The SMILES string of the molecule is O=[N+]([O-])c1ccccc1S(=O)(=O)Nc1cccc(SC(F)(F)F)c1. The molecule has 0 radical (unpaired) electrons. The first kappa shape index (κ1) is 18.1. The van der Waals surface area contributed by atoms with E-state index in [4.69, 9.17) is 0 Å². The standard InChI is InChI=1S/C13H9F3N2O4S2/c14-13(15,16)23-10-5-3-4-9(8-10)17-24(21,22)12-7-2-1-6-11(12)18(19)20/h1-8,17H. The largest absolute Gasteiger partial charge is 0.446 e. The second-order valence-corrected chi connectivity index (χ2v) is 7.20. The van der Waals surface area contributed by atoms with E-state index >= 15 is 0 Å². The average Bonchev–Trinajstić information content (AvgIpc) is 2.45. The van der Waals surface area contributed by atoms with Gasteiger partial charge in [0.2, 0.25) is 0 Å². The number of hydrogen-bond acceptors (Lipinski definition) is 5. The summed E-state index contributed by atoms with van der Waals surface area (Å²) in [5, 5.41) is 10.9. The molecule has 0 heterocycles. The maximum atomic E-state index is 12.4. The van der Waals surface area contributed by atoms with Gasteiger partial charge in [0.1, 0.15) is 0 Å². The molecule has 0 saturated carbocycles. The number of halogens is 3. The molecule has 0 aliphatic rings. The predicted octanol–water partition coefficient (Wildman–Crippen LogP) is 4.01. The van der Waals surface area contributed by atoms with Crippen molar-refractivity contribution in [3.63, 3.8) is 0 Å². The second kappa shape index (κ2) is 6.69. The Hall–Kier alpha value is -2.27. The van der Waals surface area contributed by atoms with Gasteiger partial charge in [-0.25, -0.2) is 8.42 Å². The minimum Gasteiger partial charge on any atom is -0.279 e. The third-order valence-corrected chi connectivity index (χ3v) is 4.82. The third kappa shape index (κ3) is 4.61. The average molecular weight is 378 g/mol. The molecule has 2 rings (SSSR count). The van der Waals surface area contributed by atoms with E-state index in [0.717, 1.165) is 18.2 Å². The Labute approximate surface area is 138 Å². The lowest BCUT2D eigenvalue weighted by Crippen LogP contribution is -2.14. The number of alkyl halides is 3. The summed E-state index contributed by atoms with van der Waals surface area (Å²) in [6.07, 6.45) is 0. The fraction of sp³-hybridized carbons (Fsp3) is 0.0769. The molecule has 0 unspecified atom stereocenters. The van der Waals surface area contributed by atoms with Crippen molar-refractivity contribution in [1.82, 2.24) is 0 Å². The molecule has 6 nitrogen and oxygen atoms in total. The zero-order valence-corrected chi connectivity index (χ0v) is 13.3. The molecule has 24 heavy (non-hydrogen) atoms. The normalized spacial score (nSPS) is 12.0. The van der Waals surface area contributed by atoms with E-state index in [1.165, 1.54) is 30.3 Å². The molecule has 2 aromatic carbocycles. The number of anilines is 1. The Morgan fingerprint density at radius 3 is 2.38 bits per heavy atom. The van der Waals surface area contributed by atoms with E-state index in [1.807, 2.05) is 4.72 Å². The number of benzene rings is 2. The maximum Gasteiger partial charge on any atom is 0.446 e. The molecule has 0 spiro atoms. The van der Waals surface area contributed by atoms with Crippen LogP contribution in [-0.2, 0) is 10.0 Å². The van der Waals surface area contributed by atoms with Crippen LogP contribution in [0.4, 0.5) is 24.5 Å². The van der Waals surface area contributed by atoms with Crippen molar-refractivity contribution in [3.05, 3.63) is 58.6 Å². The number of nitrogens with one attached hydrogen (secondary N) is 1.